The van der Waals surface area contributed by atoms with E-state index in [1.165, 1.54) is 6.07 Å². The average molecular weight is 374 g/mol. The van der Waals surface area contributed by atoms with Crippen molar-refractivity contribution in [3.8, 4) is 22.4 Å². The first-order valence-electron chi connectivity index (χ1n) is 7.87. The van der Waals surface area contributed by atoms with E-state index in [1.54, 1.807) is 18.2 Å². The highest BCUT2D eigenvalue weighted by molar-refractivity contribution is 7.89. The number of aliphatic hydroxyl groups is 1. The van der Waals surface area contributed by atoms with Crippen molar-refractivity contribution in [2.24, 2.45) is 5.14 Å². The van der Waals surface area contributed by atoms with E-state index in [2.05, 4.69) is 5.16 Å². The minimum absolute atomic E-state index is 0.0243. The minimum Gasteiger partial charge on any atom is -0.394 e. The Kier molecular flexibility index (Phi) is 5.48. The fourth-order valence-corrected chi connectivity index (χ4v) is 3.39. The van der Waals surface area contributed by atoms with Gasteiger partial charge < -0.3 is 14.4 Å². The molecule has 136 valence electrons. The predicted octanol–water partition coefficient (Wildman–Crippen LogP) is 2.16. The number of nitrogens with zero attached hydrogens (tertiary/aromatic N) is 1. The van der Waals surface area contributed by atoms with Crippen LogP contribution in [0.1, 0.15) is 5.76 Å². The van der Waals surface area contributed by atoms with Gasteiger partial charge in [0.15, 0.2) is 5.76 Å². The molecular weight excluding hydrogens is 356 g/mol. The Labute approximate surface area is 151 Å². The summed E-state index contributed by atoms with van der Waals surface area (Å²) in [6.45, 7) is 0.0229. The first-order chi connectivity index (χ1) is 12.5. The van der Waals surface area contributed by atoms with Gasteiger partial charge >= 0.3 is 0 Å². The summed E-state index contributed by atoms with van der Waals surface area (Å²) in [5.41, 5.74) is 2.14. The van der Waals surface area contributed by atoms with Crippen LogP contribution in [0, 0.1) is 0 Å². The monoisotopic (exact) mass is 374 g/mol. The minimum atomic E-state index is -3.95. The number of ether oxygens (including phenoxy) is 1. The number of hydrogen-bond acceptors (Lipinski definition) is 6. The Morgan fingerprint density at radius 1 is 1.08 bits per heavy atom. The zero-order valence-electron chi connectivity index (χ0n) is 13.8. The fourth-order valence-electron chi connectivity index (χ4n) is 2.64. The molecule has 0 saturated heterocycles. The van der Waals surface area contributed by atoms with Crippen LogP contribution >= 0.6 is 0 Å². The standard InChI is InChI=1S/C18H18N2O5S/c19-26(22,23)16-9-5-4-8-14(16)17-15(12-24-11-10-21)25-20-18(17)13-6-2-1-3-7-13/h1-9,21H,10-12H2,(H2,19,22,23). The first-order valence-corrected chi connectivity index (χ1v) is 9.41. The van der Waals surface area contributed by atoms with Crippen LogP contribution in [0.3, 0.4) is 0 Å². The van der Waals surface area contributed by atoms with Gasteiger partial charge in [0.25, 0.3) is 0 Å². The molecule has 0 atom stereocenters. The van der Waals surface area contributed by atoms with Crippen LogP contribution < -0.4 is 5.14 Å². The van der Waals surface area contributed by atoms with Crippen molar-refractivity contribution < 1.29 is 22.8 Å². The number of sulfonamides is 1. The Hall–Kier alpha value is -2.52. The highest BCUT2D eigenvalue weighted by atomic mass is 32.2. The highest BCUT2D eigenvalue weighted by Crippen LogP contribution is 2.37. The molecule has 3 N–H and O–H groups in total. The molecule has 0 aliphatic rings. The topological polar surface area (TPSA) is 116 Å². The van der Waals surface area contributed by atoms with Gasteiger partial charge in [-0.1, -0.05) is 53.7 Å². The van der Waals surface area contributed by atoms with Gasteiger partial charge in [-0.15, -0.1) is 0 Å². The number of benzene rings is 2. The van der Waals surface area contributed by atoms with Crippen molar-refractivity contribution in [3.63, 3.8) is 0 Å². The van der Waals surface area contributed by atoms with Crippen molar-refractivity contribution in [1.82, 2.24) is 5.16 Å². The Morgan fingerprint density at radius 2 is 1.77 bits per heavy atom. The van der Waals surface area contributed by atoms with E-state index in [4.69, 9.17) is 19.5 Å². The van der Waals surface area contributed by atoms with Crippen molar-refractivity contribution >= 4 is 10.0 Å². The van der Waals surface area contributed by atoms with Crippen LogP contribution in [0.15, 0.2) is 64.0 Å². The number of rotatable bonds is 7. The van der Waals surface area contributed by atoms with E-state index in [-0.39, 0.29) is 24.7 Å². The maximum Gasteiger partial charge on any atom is 0.238 e. The molecular formula is C18H18N2O5S. The average Bonchev–Trinajstić information content (AvgIpc) is 3.06. The molecule has 3 rings (SSSR count). The van der Waals surface area contributed by atoms with Gasteiger partial charge in [-0.05, 0) is 6.07 Å². The summed E-state index contributed by atoms with van der Waals surface area (Å²) in [4.78, 5) is -0.0243. The molecule has 0 saturated carbocycles. The van der Waals surface area contributed by atoms with Crippen molar-refractivity contribution in [1.29, 1.82) is 0 Å². The predicted molar refractivity (Wildman–Crippen MR) is 95.5 cm³/mol. The summed E-state index contributed by atoms with van der Waals surface area (Å²) in [5, 5.41) is 18.4. The second-order valence-corrected chi connectivity index (χ2v) is 7.04. The fraction of sp³-hybridized carbons (Fsp3) is 0.167. The smallest absolute Gasteiger partial charge is 0.238 e. The highest BCUT2D eigenvalue weighted by Gasteiger charge is 2.24. The lowest BCUT2D eigenvalue weighted by atomic mass is 9.99. The van der Waals surface area contributed by atoms with Gasteiger partial charge in [-0.3, -0.25) is 0 Å². The second-order valence-electron chi connectivity index (χ2n) is 5.51. The first kappa shape index (κ1) is 18.3. The van der Waals surface area contributed by atoms with Gasteiger partial charge in [0, 0.05) is 11.1 Å². The number of aromatic nitrogens is 1. The molecule has 0 spiro atoms. The Balaban J connectivity index is 2.20. The van der Waals surface area contributed by atoms with Crippen LogP contribution in [0.2, 0.25) is 0 Å². The zero-order chi connectivity index (χ0) is 18.6. The third-order valence-electron chi connectivity index (χ3n) is 3.74. The summed E-state index contributed by atoms with van der Waals surface area (Å²) in [7, 11) is -3.95. The molecule has 0 radical (unpaired) electrons. The lowest BCUT2D eigenvalue weighted by Gasteiger charge is -2.09. The molecule has 0 unspecified atom stereocenters. The van der Waals surface area contributed by atoms with Crippen LogP contribution in [0.5, 0.6) is 0 Å². The summed E-state index contributed by atoms with van der Waals surface area (Å²) in [5.74, 6) is 0.355. The van der Waals surface area contributed by atoms with Crippen molar-refractivity contribution in [2.45, 2.75) is 11.5 Å². The molecule has 1 heterocycles. The Bertz CT molecular complexity index is 984. The summed E-state index contributed by atoms with van der Waals surface area (Å²) in [6, 6.07) is 15.7. The summed E-state index contributed by atoms with van der Waals surface area (Å²) < 4.78 is 34.8. The lowest BCUT2D eigenvalue weighted by molar-refractivity contribution is 0.0686. The zero-order valence-corrected chi connectivity index (χ0v) is 14.6. The van der Waals surface area contributed by atoms with Crippen LogP contribution in [-0.2, 0) is 21.4 Å². The van der Waals surface area contributed by atoms with Crippen molar-refractivity contribution in [2.75, 3.05) is 13.2 Å². The normalized spacial score (nSPS) is 11.6. The van der Waals surface area contributed by atoms with E-state index in [0.717, 1.165) is 5.56 Å². The maximum atomic E-state index is 12.0. The molecule has 3 aromatic rings. The van der Waals surface area contributed by atoms with Crippen LogP contribution in [0.4, 0.5) is 0 Å². The molecule has 0 fully saturated rings. The number of primary sulfonamides is 1. The molecule has 26 heavy (non-hydrogen) atoms. The van der Waals surface area contributed by atoms with E-state index in [1.807, 2.05) is 30.3 Å². The van der Waals surface area contributed by atoms with Gasteiger partial charge in [0.1, 0.15) is 12.3 Å². The van der Waals surface area contributed by atoms with Crippen LogP contribution in [0.25, 0.3) is 22.4 Å². The van der Waals surface area contributed by atoms with Crippen LogP contribution in [-0.4, -0.2) is 31.9 Å². The summed E-state index contributed by atoms with van der Waals surface area (Å²) >= 11 is 0. The number of aliphatic hydroxyl groups excluding tert-OH is 1. The third-order valence-corrected chi connectivity index (χ3v) is 4.71. The maximum absolute atomic E-state index is 12.0. The van der Waals surface area contributed by atoms with E-state index in [0.29, 0.717) is 22.6 Å². The lowest BCUT2D eigenvalue weighted by Crippen LogP contribution is -2.13. The molecule has 0 amide bonds. The van der Waals surface area contributed by atoms with Gasteiger partial charge in [0.2, 0.25) is 10.0 Å². The Morgan fingerprint density at radius 3 is 2.46 bits per heavy atom. The van der Waals surface area contributed by atoms with Crippen molar-refractivity contribution in [3.05, 3.63) is 60.4 Å². The molecule has 8 heteroatoms. The molecule has 1 aromatic heterocycles. The molecule has 0 aliphatic heterocycles. The second kappa shape index (κ2) is 7.79. The SMILES string of the molecule is NS(=O)(=O)c1ccccc1-c1c(-c2ccccc2)noc1COCCO. The van der Waals surface area contributed by atoms with Gasteiger partial charge in [-0.25, -0.2) is 13.6 Å². The third kappa shape index (κ3) is 3.83. The van der Waals surface area contributed by atoms with E-state index < -0.39 is 10.0 Å². The van der Waals surface area contributed by atoms with E-state index in [9.17, 15) is 8.42 Å². The largest absolute Gasteiger partial charge is 0.394 e. The van der Waals surface area contributed by atoms with Gasteiger partial charge in [-0.2, -0.15) is 0 Å². The molecule has 2 aromatic carbocycles. The van der Waals surface area contributed by atoms with E-state index >= 15 is 0 Å². The van der Waals surface area contributed by atoms with Gasteiger partial charge in [0.05, 0.1) is 23.7 Å². The summed E-state index contributed by atoms with van der Waals surface area (Å²) in [6.07, 6.45) is 0. The number of nitrogens with two attached hydrogens (primary N) is 1. The molecule has 0 aliphatic carbocycles. The molecule has 7 nitrogen and oxygen atoms in total. The molecule has 0 bridgehead atoms. The number of hydrogen-bond donors (Lipinski definition) is 2. The quantitative estimate of drug-likeness (QED) is 0.612.